The predicted molar refractivity (Wildman–Crippen MR) is 78.8 cm³/mol. The lowest BCUT2D eigenvalue weighted by atomic mass is 9.71. The second kappa shape index (κ2) is 6.74. The first-order valence-corrected chi connectivity index (χ1v) is 8.13. The summed E-state index contributed by atoms with van der Waals surface area (Å²) in [6.07, 6.45) is 10.4. The van der Waals surface area contributed by atoms with Crippen molar-refractivity contribution in [2.75, 3.05) is 19.6 Å². The molecule has 1 saturated heterocycles. The van der Waals surface area contributed by atoms with Crippen LogP contribution >= 0.6 is 0 Å². The normalized spacial score (nSPS) is 27.9. The van der Waals surface area contributed by atoms with Gasteiger partial charge in [-0.3, -0.25) is 4.79 Å². The van der Waals surface area contributed by atoms with Gasteiger partial charge in [-0.05, 0) is 50.0 Å². The van der Waals surface area contributed by atoms with Crippen LogP contribution in [0, 0.1) is 11.3 Å². The second-order valence-corrected chi connectivity index (χ2v) is 6.86. The maximum absolute atomic E-state index is 12.6. The Morgan fingerprint density at radius 1 is 1.16 bits per heavy atom. The molecule has 1 heterocycles. The molecule has 0 bridgehead atoms. The molecule has 3 heteroatoms. The molecule has 0 aromatic heterocycles. The quantitative estimate of drug-likeness (QED) is 0.853. The third-order valence-electron chi connectivity index (χ3n) is 5.24. The van der Waals surface area contributed by atoms with Crippen molar-refractivity contribution >= 4 is 5.91 Å². The number of rotatable bonds is 3. The average Bonchev–Trinajstić information content (AvgIpc) is 2.64. The van der Waals surface area contributed by atoms with Crippen molar-refractivity contribution in [1.29, 1.82) is 0 Å². The van der Waals surface area contributed by atoms with Crippen LogP contribution in [0.15, 0.2) is 0 Å². The first-order valence-electron chi connectivity index (χ1n) is 8.13. The lowest BCUT2D eigenvalue weighted by molar-refractivity contribution is -0.134. The highest BCUT2D eigenvalue weighted by molar-refractivity contribution is 5.77. The van der Waals surface area contributed by atoms with E-state index in [1.165, 1.54) is 38.5 Å². The third-order valence-corrected chi connectivity index (χ3v) is 5.24. The molecular weight excluding hydrogens is 236 g/mol. The topological polar surface area (TPSA) is 46.3 Å². The third kappa shape index (κ3) is 3.95. The van der Waals surface area contributed by atoms with Crippen LogP contribution in [0.1, 0.15) is 64.7 Å². The Hall–Kier alpha value is -0.570. The van der Waals surface area contributed by atoms with Crippen molar-refractivity contribution in [3.05, 3.63) is 0 Å². The summed E-state index contributed by atoms with van der Waals surface area (Å²) in [5.74, 6) is 1.14. The van der Waals surface area contributed by atoms with Crippen LogP contribution in [-0.4, -0.2) is 30.4 Å². The molecule has 1 aliphatic carbocycles. The average molecular weight is 266 g/mol. The van der Waals surface area contributed by atoms with Gasteiger partial charge in [-0.25, -0.2) is 0 Å². The van der Waals surface area contributed by atoms with Crippen LogP contribution in [0.3, 0.4) is 0 Å². The van der Waals surface area contributed by atoms with Gasteiger partial charge in [-0.15, -0.1) is 0 Å². The summed E-state index contributed by atoms with van der Waals surface area (Å²) >= 11 is 0. The molecule has 0 aromatic carbocycles. The Labute approximate surface area is 117 Å². The number of carbonyl (C=O) groups is 1. The van der Waals surface area contributed by atoms with Gasteiger partial charge in [0.2, 0.25) is 5.91 Å². The van der Waals surface area contributed by atoms with Crippen LogP contribution < -0.4 is 5.73 Å². The van der Waals surface area contributed by atoms with E-state index in [9.17, 15) is 4.79 Å². The maximum Gasteiger partial charge on any atom is 0.223 e. The smallest absolute Gasteiger partial charge is 0.223 e. The van der Waals surface area contributed by atoms with Crippen molar-refractivity contribution in [2.45, 2.75) is 64.7 Å². The van der Waals surface area contributed by atoms with E-state index in [-0.39, 0.29) is 5.41 Å². The summed E-state index contributed by atoms with van der Waals surface area (Å²) < 4.78 is 0. The minimum atomic E-state index is 0.118. The van der Waals surface area contributed by atoms with Gasteiger partial charge in [0.1, 0.15) is 0 Å². The van der Waals surface area contributed by atoms with Crippen molar-refractivity contribution in [3.63, 3.8) is 0 Å². The number of amides is 1. The fourth-order valence-electron chi connectivity index (χ4n) is 3.70. The fraction of sp³-hybridized carbons (Fsp3) is 0.938. The van der Waals surface area contributed by atoms with Crippen LogP contribution in [0.5, 0.6) is 0 Å². The highest BCUT2D eigenvalue weighted by Gasteiger charge is 2.34. The molecule has 2 N–H and O–H groups in total. The summed E-state index contributed by atoms with van der Waals surface area (Å²) in [6.45, 7) is 4.91. The number of hydrogen-bond donors (Lipinski definition) is 1. The zero-order valence-corrected chi connectivity index (χ0v) is 12.5. The minimum Gasteiger partial charge on any atom is -0.343 e. The van der Waals surface area contributed by atoms with Gasteiger partial charge in [0, 0.05) is 19.5 Å². The molecule has 2 fully saturated rings. The van der Waals surface area contributed by atoms with Crippen LogP contribution in [0.25, 0.3) is 0 Å². The predicted octanol–water partition coefficient (Wildman–Crippen LogP) is 2.93. The largest absolute Gasteiger partial charge is 0.343 e. The zero-order valence-electron chi connectivity index (χ0n) is 12.5. The zero-order chi connectivity index (χ0) is 13.7. The molecule has 2 rings (SSSR count). The van der Waals surface area contributed by atoms with Gasteiger partial charge >= 0.3 is 0 Å². The number of nitrogens with zero attached hydrogens (tertiary/aromatic N) is 1. The van der Waals surface area contributed by atoms with Gasteiger partial charge in [0.15, 0.2) is 0 Å². The molecule has 0 aromatic rings. The summed E-state index contributed by atoms with van der Waals surface area (Å²) in [5, 5.41) is 0. The van der Waals surface area contributed by atoms with Crippen molar-refractivity contribution < 1.29 is 4.79 Å². The van der Waals surface area contributed by atoms with Crippen LogP contribution in [0.2, 0.25) is 0 Å². The molecule has 3 nitrogen and oxygen atoms in total. The van der Waals surface area contributed by atoms with Crippen molar-refractivity contribution in [3.8, 4) is 0 Å². The van der Waals surface area contributed by atoms with Crippen LogP contribution in [0.4, 0.5) is 0 Å². The highest BCUT2D eigenvalue weighted by atomic mass is 16.2. The Bertz CT molecular complexity index is 297. The summed E-state index contributed by atoms with van der Waals surface area (Å²) in [7, 11) is 0. The van der Waals surface area contributed by atoms with Crippen molar-refractivity contribution in [2.24, 2.45) is 17.1 Å². The summed E-state index contributed by atoms with van der Waals surface area (Å²) in [5.41, 5.74) is 6.12. The standard InChI is InChI=1S/C16H30N2O/c1-14-6-5-10-18(11-7-14)15(19)12-16(13-17)8-3-2-4-9-16/h14H,2-13,17H2,1H3. The Morgan fingerprint density at radius 3 is 2.58 bits per heavy atom. The molecular formula is C16H30N2O. The molecule has 1 atom stereocenters. The van der Waals surface area contributed by atoms with Gasteiger partial charge in [-0.2, -0.15) is 0 Å². The van der Waals surface area contributed by atoms with E-state index in [0.29, 0.717) is 18.9 Å². The maximum atomic E-state index is 12.6. The monoisotopic (exact) mass is 266 g/mol. The fourth-order valence-corrected chi connectivity index (χ4v) is 3.70. The Balaban J connectivity index is 1.91. The highest BCUT2D eigenvalue weighted by Crippen LogP contribution is 2.39. The van der Waals surface area contributed by atoms with E-state index in [2.05, 4.69) is 11.8 Å². The number of nitrogens with two attached hydrogens (primary N) is 1. The van der Waals surface area contributed by atoms with E-state index in [4.69, 9.17) is 5.73 Å². The molecule has 0 spiro atoms. The van der Waals surface area contributed by atoms with Crippen LogP contribution in [-0.2, 0) is 4.79 Å². The number of carbonyl (C=O) groups excluding carboxylic acids is 1. The van der Waals surface area contributed by atoms with E-state index < -0.39 is 0 Å². The Kier molecular flexibility index (Phi) is 5.26. The van der Waals surface area contributed by atoms with E-state index in [1.54, 1.807) is 0 Å². The first kappa shape index (κ1) is 14.8. The number of hydrogen-bond acceptors (Lipinski definition) is 2. The lowest BCUT2D eigenvalue weighted by Crippen LogP contribution is -2.41. The van der Waals surface area contributed by atoms with E-state index in [1.807, 2.05) is 0 Å². The molecule has 1 unspecified atom stereocenters. The molecule has 1 amide bonds. The second-order valence-electron chi connectivity index (χ2n) is 6.86. The van der Waals surface area contributed by atoms with E-state index in [0.717, 1.165) is 31.8 Å². The molecule has 1 saturated carbocycles. The molecule has 1 aliphatic heterocycles. The number of likely N-dealkylation sites (tertiary alicyclic amines) is 1. The minimum absolute atomic E-state index is 0.118. The Morgan fingerprint density at radius 2 is 1.89 bits per heavy atom. The summed E-state index contributed by atoms with van der Waals surface area (Å²) in [6, 6.07) is 0. The van der Waals surface area contributed by atoms with Gasteiger partial charge in [0.05, 0.1) is 0 Å². The molecule has 110 valence electrons. The van der Waals surface area contributed by atoms with Crippen molar-refractivity contribution in [1.82, 2.24) is 4.90 Å². The summed E-state index contributed by atoms with van der Waals surface area (Å²) in [4.78, 5) is 14.7. The molecule has 0 radical (unpaired) electrons. The lowest BCUT2D eigenvalue weighted by Gasteiger charge is -2.37. The molecule has 2 aliphatic rings. The van der Waals surface area contributed by atoms with Gasteiger partial charge in [-0.1, -0.05) is 26.2 Å². The molecule has 19 heavy (non-hydrogen) atoms. The SMILES string of the molecule is CC1CCCN(C(=O)CC2(CN)CCCCC2)CC1. The first-order chi connectivity index (χ1) is 9.15. The van der Waals surface area contributed by atoms with Gasteiger partial charge < -0.3 is 10.6 Å². The van der Waals surface area contributed by atoms with Gasteiger partial charge in [0.25, 0.3) is 0 Å². The van der Waals surface area contributed by atoms with E-state index >= 15 is 0 Å².